The van der Waals surface area contributed by atoms with Gasteiger partial charge in [0.05, 0.1) is 18.4 Å². The Morgan fingerprint density at radius 1 is 1.47 bits per heavy atom. The standard InChI is InChI=1S/C12H11FN2O2/c13-11(7-15-6-5-14-8-15)9-3-1-2-4-10(9)12(16)17/h1-6,8,11H,7H2,(H,16,17). The molecule has 0 spiro atoms. The summed E-state index contributed by atoms with van der Waals surface area (Å²) in [6.45, 7) is 0.0598. The van der Waals surface area contributed by atoms with E-state index in [0.29, 0.717) is 0 Å². The van der Waals surface area contributed by atoms with Gasteiger partial charge < -0.3 is 9.67 Å². The van der Waals surface area contributed by atoms with E-state index in [0.717, 1.165) is 0 Å². The molecular weight excluding hydrogens is 223 g/mol. The molecule has 2 aromatic rings. The summed E-state index contributed by atoms with van der Waals surface area (Å²) < 4.78 is 15.6. The maximum atomic E-state index is 14.0. The number of carboxylic acid groups (broad SMARTS) is 1. The van der Waals surface area contributed by atoms with Crippen molar-refractivity contribution in [3.63, 3.8) is 0 Å². The summed E-state index contributed by atoms with van der Waals surface area (Å²) >= 11 is 0. The van der Waals surface area contributed by atoms with Crippen molar-refractivity contribution in [2.75, 3.05) is 0 Å². The summed E-state index contributed by atoms with van der Waals surface area (Å²) in [5.41, 5.74) is 0.189. The molecule has 88 valence electrons. The van der Waals surface area contributed by atoms with Crippen LogP contribution < -0.4 is 0 Å². The number of hydrogen-bond acceptors (Lipinski definition) is 2. The van der Waals surface area contributed by atoms with Gasteiger partial charge in [-0.1, -0.05) is 18.2 Å². The van der Waals surface area contributed by atoms with Crippen molar-refractivity contribution >= 4 is 5.97 Å². The first-order valence-electron chi connectivity index (χ1n) is 5.10. The second kappa shape index (κ2) is 4.78. The summed E-state index contributed by atoms with van der Waals surface area (Å²) in [6, 6.07) is 6.10. The molecule has 1 atom stereocenters. The molecule has 1 aromatic carbocycles. The average molecular weight is 234 g/mol. The Kier molecular flexibility index (Phi) is 3.18. The van der Waals surface area contributed by atoms with Crippen molar-refractivity contribution in [1.82, 2.24) is 9.55 Å². The normalized spacial score (nSPS) is 12.3. The van der Waals surface area contributed by atoms with Gasteiger partial charge in [-0.15, -0.1) is 0 Å². The summed E-state index contributed by atoms with van der Waals surface area (Å²) in [5.74, 6) is -1.12. The first-order chi connectivity index (χ1) is 8.18. The zero-order chi connectivity index (χ0) is 12.3. The first kappa shape index (κ1) is 11.3. The third-order valence-corrected chi connectivity index (χ3v) is 2.46. The van der Waals surface area contributed by atoms with Crippen molar-refractivity contribution in [3.05, 3.63) is 54.1 Å². The fraction of sp³-hybridized carbons (Fsp3) is 0.167. The minimum Gasteiger partial charge on any atom is -0.478 e. The highest BCUT2D eigenvalue weighted by atomic mass is 19.1. The van der Waals surface area contributed by atoms with Crippen molar-refractivity contribution in [2.24, 2.45) is 0 Å². The number of alkyl halides is 1. The molecule has 1 aromatic heterocycles. The molecule has 0 aliphatic carbocycles. The smallest absolute Gasteiger partial charge is 0.336 e. The number of nitrogens with zero attached hydrogens (tertiary/aromatic N) is 2. The van der Waals surface area contributed by atoms with Crippen LogP contribution in [0.2, 0.25) is 0 Å². The predicted molar refractivity (Wildman–Crippen MR) is 59.5 cm³/mol. The third-order valence-electron chi connectivity index (χ3n) is 2.46. The highest BCUT2D eigenvalue weighted by molar-refractivity contribution is 5.89. The molecule has 4 nitrogen and oxygen atoms in total. The monoisotopic (exact) mass is 234 g/mol. The molecule has 5 heteroatoms. The van der Waals surface area contributed by atoms with Crippen LogP contribution in [-0.4, -0.2) is 20.6 Å². The van der Waals surface area contributed by atoms with Crippen LogP contribution in [0.15, 0.2) is 43.0 Å². The maximum absolute atomic E-state index is 14.0. The summed E-state index contributed by atoms with van der Waals surface area (Å²) in [6.07, 6.45) is 3.32. The average Bonchev–Trinajstić information content (AvgIpc) is 2.81. The quantitative estimate of drug-likeness (QED) is 0.883. The van der Waals surface area contributed by atoms with Crippen LogP contribution in [0, 0.1) is 0 Å². The molecule has 0 aliphatic rings. The molecule has 17 heavy (non-hydrogen) atoms. The molecule has 1 N–H and O–H groups in total. The van der Waals surface area contributed by atoms with E-state index >= 15 is 0 Å². The number of aromatic carboxylic acids is 1. The second-order valence-electron chi connectivity index (χ2n) is 3.62. The van der Waals surface area contributed by atoms with Gasteiger partial charge in [0.2, 0.25) is 0 Å². The predicted octanol–water partition coefficient (Wildman–Crippen LogP) is 2.29. The lowest BCUT2D eigenvalue weighted by Gasteiger charge is -2.11. The number of rotatable bonds is 4. The van der Waals surface area contributed by atoms with E-state index in [2.05, 4.69) is 4.98 Å². The molecular formula is C12H11FN2O2. The van der Waals surface area contributed by atoms with E-state index in [4.69, 9.17) is 5.11 Å². The maximum Gasteiger partial charge on any atom is 0.336 e. The van der Waals surface area contributed by atoms with E-state index < -0.39 is 12.1 Å². The first-order valence-corrected chi connectivity index (χ1v) is 5.10. The Morgan fingerprint density at radius 3 is 2.88 bits per heavy atom. The molecule has 0 saturated carbocycles. The third kappa shape index (κ3) is 2.50. The number of carboxylic acids is 1. The Balaban J connectivity index is 2.24. The second-order valence-corrected chi connectivity index (χ2v) is 3.62. The number of benzene rings is 1. The summed E-state index contributed by atoms with van der Waals surface area (Å²) in [4.78, 5) is 14.7. The van der Waals surface area contributed by atoms with Crippen molar-refractivity contribution in [3.8, 4) is 0 Å². The highest BCUT2D eigenvalue weighted by Crippen LogP contribution is 2.23. The molecule has 0 amide bonds. The van der Waals surface area contributed by atoms with E-state index in [-0.39, 0.29) is 17.7 Å². The molecule has 0 saturated heterocycles. The molecule has 1 unspecified atom stereocenters. The molecule has 2 rings (SSSR count). The van der Waals surface area contributed by atoms with Crippen LogP contribution in [0.3, 0.4) is 0 Å². The Labute approximate surface area is 97.3 Å². The Morgan fingerprint density at radius 2 is 2.24 bits per heavy atom. The van der Waals surface area contributed by atoms with E-state index in [1.807, 2.05) is 0 Å². The SMILES string of the molecule is O=C(O)c1ccccc1C(F)Cn1ccnc1. The van der Waals surface area contributed by atoms with Gasteiger partial charge in [0.25, 0.3) is 0 Å². The molecule has 0 aliphatic heterocycles. The fourth-order valence-corrected chi connectivity index (χ4v) is 1.64. The number of imidazole rings is 1. The Hall–Kier alpha value is -2.17. The van der Waals surface area contributed by atoms with Gasteiger partial charge in [-0.05, 0) is 6.07 Å². The van der Waals surface area contributed by atoms with E-state index in [1.165, 1.54) is 18.5 Å². The molecule has 0 radical (unpaired) electrons. The van der Waals surface area contributed by atoms with Gasteiger partial charge >= 0.3 is 5.97 Å². The Bertz CT molecular complexity index is 511. The summed E-state index contributed by atoms with van der Waals surface area (Å²) in [5, 5.41) is 8.95. The van der Waals surface area contributed by atoms with Gasteiger partial charge in [0.1, 0.15) is 6.17 Å². The number of carbonyl (C=O) groups is 1. The van der Waals surface area contributed by atoms with Crippen LogP contribution >= 0.6 is 0 Å². The van der Waals surface area contributed by atoms with Crippen LogP contribution in [-0.2, 0) is 6.54 Å². The van der Waals surface area contributed by atoms with Crippen LogP contribution in [0.25, 0.3) is 0 Å². The number of hydrogen-bond donors (Lipinski definition) is 1. The topological polar surface area (TPSA) is 55.1 Å². The van der Waals surface area contributed by atoms with Gasteiger partial charge in [-0.3, -0.25) is 0 Å². The van der Waals surface area contributed by atoms with E-state index in [9.17, 15) is 9.18 Å². The minimum absolute atomic E-state index is 0.000107. The lowest BCUT2D eigenvalue weighted by Crippen LogP contribution is -2.09. The summed E-state index contributed by atoms with van der Waals surface area (Å²) in [7, 11) is 0. The van der Waals surface area contributed by atoms with Crippen molar-refractivity contribution in [1.29, 1.82) is 0 Å². The number of aromatic nitrogens is 2. The van der Waals surface area contributed by atoms with Crippen molar-refractivity contribution < 1.29 is 14.3 Å². The van der Waals surface area contributed by atoms with Crippen LogP contribution in [0.5, 0.6) is 0 Å². The van der Waals surface area contributed by atoms with Gasteiger partial charge in [-0.2, -0.15) is 0 Å². The van der Waals surface area contributed by atoms with Crippen molar-refractivity contribution in [2.45, 2.75) is 12.7 Å². The lowest BCUT2D eigenvalue weighted by molar-refractivity contribution is 0.0693. The molecule has 0 bridgehead atoms. The van der Waals surface area contributed by atoms with Crippen LogP contribution in [0.4, 0.5) is 4.39 Å². The molecule has 0 fully saturated rings. The molecule has 1 heterocycles. The minimum atomic E-state index is -1.36. The largest absolute Gasteiger partial charge is 0.478 e. The lowest BCUT2D eigenvalue weighted by atomic mass is 10.0. The van der Waals surface area contributed by atoms with Gasteiger partial charge in [-0.25, -0.2) is 14.2 Å². The highest BCUT2D eigenvalue weighted by Gasteiger charge is 2.18. The van der Waals surface area contributed by atoms with Gasteiger partial charge in [0, 0.05) is 18.0 Å². The zero-order valence-electron chi connectivity index (χ0n) is 8.95. The number of halogens is 1. The van der Waals surface area contributed by atoms with E-state index in [1.54, 1.807) is 29.1 Å². The van der Waals surface area contributed by atoms with Gasteiger partial charge in [0.15, 0.2) is 0 Å². The van der Waals surface area contributed by atoms with Crippen LogP contribution in [0.1, 0.15) is 22.1 Å². The fourth-order valence-electron chi connectivity index (χ4n) is 1.64. The zero-order valence-corrected chi connectivity index (χ0v) is 8.95.